The van der Waals surface area contributed by atoms with Gasteiger partial charge in [0.1, 0.15) is 0 Å². The fourth-order valence-electron chi connectivity index (χ4n) is 0.0168. The molecule has 0 spiro atoms. The van der Waals surface area contributed by atoms with Crippen LogP contribution in [0, 0.1) is 0 Å². The highest BCUT2D eigenvalue weighted by Crippen LogP contribution is 2.17. The third-order valence-electron chi connectivity index (χ3n) is 0.0891. The van der Waals surface area contributed by atoms with Crippen molar-refractivity contribution in [2.45, 2.75) is 0 Å². The van der Waals surface area contributed by atoms with Crippen LogP contribution in [0.4, 0.5) is 0 Å². The Balaban J connectivity index is 2.19. The lowest BCUT2D eigenvalue weighted by Crippen LogP contribution is -1.44. The smallest absolute Gasteiger partial charge is 0.0436 e. The van der Waals surface area contributed by atoms with Gasteiger partial charge < -0.3 is 0 Å². The highest BCUT2D eigenvalue weighted by atomic mass is 35.7. The van der Waals surface area contributed by atoms with Gasteiger partial charge in [-0.05, 0) is 43.3 Å². The molecular weight excluding hydrogens is 147 g/mol. The molecule has 0 amide bonds. The largest absolute Gasteiger partial charge is 0.0696 e. The van der Waals surface area contributed by atoms with Crippen LogP contribution in [0.25, 0.3) is 0 Å². The number of rotatable bonds is 2. The molecule has 0 saturated carbocycles. The predicted molar refractivity (Wildman–Crippen MR) is 31.8 cm³/mol. The summed E-state index contributed by atoms with van der Waals surface area (Å²) in [4.78, 5) is 0. The first-order valence-corrected chi connectivity index (χ1v) is 4.51. The minimum Gasteiger partial charge on any atom is -0.0436 e. The second-order valence-corrected chi connectivity index (χ2v) is 3.02. The van der Waals surface area contributed by atoms with E-state index in [1.165, 1.54) is 22.0 Å². The summed E-state index contributed by atoms with van der Waals surface area (Å²) < 4.78 is 0. The molecule has 0 fully saturated rings. The summed E-state index contributed by atoms with van der Waals surface area (Å²) in [6.07, 6.45) is 0. The van der Waals surface area contributed by atoms with E-state index in [0.29, 0.717) is 0 Å². The van der Waals surface area contributed by atoms with Crippen molar-refractivity contribution < 1.29 is 0 Å². The molecule has 0 atom stereocenters. The minimum atomic E-state index is 0.753. The zero-order valence-electron chi connectivity index (χ0n) is 2.28. The van der Waals surface area contributed by atoms with Crippen molar-refractivity contribution in [3.63, 3.8) is 0 Å². The van der Waals surface area contributed by atoms with E-state index in [9.17, 15) is 0 Å². The second kappa shape index (κ2) is 5.28. The summed E-state index contributed by atoms with van der Waals surface area (Å²) in [6, 6.07) is 0. The second-order valence-electron chi connectivity index (χ2n) is 0.336. The molecule has 0 aromatic rings. The van der Waals surface area contributed by atoms with Gasteiger partial charge in [0.25, 0.3) is 0 Å². The maximum atomic E-state index is 5.11. The molecule has 5 heavy (non-hydrogen) atoms. The summed E-state index contributed by atoms with van der Waals surface area (Å²) in [5.41, 5.74) is 0. The lowest BCUT2D eigenvalue weighted by Gasteiger charge is -1.74. The van der Waals surface area contributed by atoms with Gasteiger partial charge in [0.05, 0.1) is 5.08 Å². The standard InChI is InChI=1S/CH2Cl2S2/c2-4-1-5-3/h1H2. The van der Waals surface area contributed by atoms with Crippen LogP contribution in [0.5, 0.6) is 0 Å². The Labute approximate surface area is 48.6 Å². The Hall–Kier alpha value is 1.28. The SMILES string of the molecule is ClSCSCl. The average Bonchev–Trinajstić information content (AvgIpc) is 1.41. The number of hydrogen-bond donors (Lipinski definition) is 0. The molecule has 0 unspecified atom stereocenters. The van der Waals surface area contributed by atoms with Crippen LogP contribution in [0.15, 0.2) is 0 Å². The fourth-order valence-corrected chi connectivity index (χ4v) is 1.36. The van der Waals surface area contributed by atoms with Crippen LogP contribution >= 0.6 is 43.3 Å². The van der Waals surface area contributed by atoms with E-state index < -0.39 is 0 Å². The molecule has 0 aliphatic heterocycles. The molecule has 0 N–H and O–H groups in total. The zero-order chi connectivity index (χ0) is 4.12. The van der Waals surface area contributed by atoms with E-state index in [-0.39, 0.29) is 0 Å². The third kappa shape index (κ3) is 5.28. The quantitative estimate of drug-likeness (QED) is 0.553. The van der Waals surface area contributed by atoms with E-state index in [4.69, 9.17) is 21.4 Å². The maximum Gasteiger partial charge on any atom is 0.0696 e. The molecule has 0 aliphatic rings. The van der Waals surface area contributed by atoms with Crippen LogP contribution in [0.1, 0.15) is 0 Å². The molecule has 32 valence electrons. The summed E-state index contributed by atoms with van der Waals surface area (Å²) in [5, 5.41) is 0.753. The highest BCUT2D eigenvalue weighted by molar-refractivity contribution is 8.35. The van der Waals surface area contributed by atoms with Gasteiger partial charge in [0, 0.05) is 0 Å². The van der Waals surface area contributed by atoms with Crippen LogP contribution in [-0.2, 0) is 0 Å². The number of hydrogen-bond acceptors (Lipinski definition) is 2. The van der Waals surface area contributed by atoms with Gasteiger partial charge in [0.2, 0.25) is 0 Å². The van der Waals surface area contributed by atoms with E-state index in [1.807, 2.05) is 0 Å². The summed E-state index contributed by atoms with van der Waals surface area (Å²) in [7, 11) is 12.6. The Morgan fingerprint density at radius 3 is 1.60 bits per heavy atom. The fraction of sp³-hybridized carbons (Fsp3) is 1.00. The lowest BCUT2D eigenvalue weighted by atomic mass is 11.9. The van der Waals surface area contributed by atoms with Crippen molar-refractivity contribution in [1.82, 2.24) is 0 Å². The van der Waals surface area contributed by atoms with Gasteiger partial charge in [0.15, 0.2) is 0 Å². The molecule has 0 nitrogen and oxygen atoms in total. The van der Waals surface area contributed by atoms with E-state index in [0.717, 1.165) is 5.08 Å². The summed E-state index contributed by atoms with van der Waals surface area (Å²) in [5.74, 6) is 0. The van der Waals surface area contributed by atoms with Gasteiger partial charge in [-0.15, -0.1) is 0 Å². The molecule has 0 rings (SSSR count). The van der Waals surface area contributed by atoms with Crippen LogP contribution in [0.2, 0.25) is 0 Å². The van der Waals surface area contributed by atoms with Crippen molar-refractivity contribution in [1.29, 1.82) is 0 Å². The van der Waals surface area contributed by atoms with Gasteiger partial charge in [-0.25, -0.2) is 0 Å². The Bertz CT molecular complexity index is 15.1. The first-order valence-electron chi connectivity index (χ1n) is 0.886. The van der Waals surface area contributed by atoms with E-state index in [2.05, 4.69) is 0 Å². The Kier molecular flexibility index (Phi) is 6.63. The summed E-state index contributed by atoms with van der Waals surface area (Å²) >= 11 is 0. The van der Waals surface area contributed by atoms with Crippen molar-refractivity contribution in [3.8, 4) is 0 Å². The maximum absolute atomic E-state index is 5.11. The topological polar surface area (TPSA) is 0 Å². The minimum absolute atomic E-state index is 0.753. The normalized spacial score (nSPS) is 8.40. The molecule has 0 bridgehead atoms. The van der Waals surface area contributed by atoms with Gasteiger partial charge in [-0.1, -0.05) is 0 Å². The van der Waals surface area contributed by atoms with Crippen molar-refractivity contribution in [3.05, 3.63) is 0 Å². The molecule has 0 aliphatic carbocycles. The Morgan fingerprint density at radius 2 is 1.60 bits per heavy atom. The third-order valence-corrected chi connectivity index (χ3v) is 2.41. The molecular formula is CH2Cl2S2. The van der Waals surface area contributed by atoms with Crippen molar-refractivity contribution in [2.75, 3.05) is 5.08 Å². The lowest BCUT2D eigenvalue weighted by molar-refractivity contribution is 2.35. The van der Waals surface area contributed by atoms with E-state index in [1.54, 1.807) is 0 Å². The Morgan fingerprint density at radius 1 is 1.20 bits per heavy atom. The highest BCUT2D eigenvalue weighted by Gasteiger charge is 1.73. The number of halogens is 2. The monoisotopic (exact) mass is 148 g/mol. The zero-order valence-corrected chi connectivity index (χ0v) is 5.42. The van der Waals surface area contributed by atoms with Gasteiger partial charge in [-0.2, -0.15) is 0 Å². The van der Waals surface area contributed by atoms with Crippen molar-refractivity contribution >= 4 is 43.3 Å². The van der Waals surface area contributed by atoms with Crippen LogP contribution in [-0.4, -0.2) is 5.08 Å². The molecule has 0 saturated heterocycles. The predicted octanol–water partition coefficient (Wildman–Crippen LogP) is 2.72. The van der Waals surface area contributed by atoms with E-state index >= 15 is 0 Å². The molecule has 0 heterocycles. The van der Waals surface area contributed by atoms with Gasteiger partial charge >= 0.3 is 0 Å². The van der Waals surface area contributed by atoms with Crippen molar-refractivity contribution in [2.24, 2.45) is 0 Å². The van der Waals surface area contributed by atoms with Crippen LogP contribution in [0.3, 0.4) is 0 Å². The summed E-state index contributed by atoms with van der Waals surface area (Å²) in [6.45, 7) is 0. The van der Waals surface area contributed by atoms with Gasteiger partial charge in [-0.3, -0.25) is 0 Å². The average molecular weight is 149 g/mol. The first kappa shape index (κ1) is 6.28. The molecule has 0 aromatic carbocycles. The molecule has 0 radical (unpaired) electrons. The first-order chi connectivity index (χ1) is 2.41. The van der Waals surface area contributed by atoms with Crippen LogP contribution < -0.4 is 0 Å². The molecule has 4 heteroatoms. The molecule has 0 aromatic heterocycles.